The molecule has 3 aromatic rings. The van der Waals surface area contributed by atoms with Crippen molar-refractivity contribution in [1.29, 1.82) is 0 Å². The van der Waals surface area contributed by atoms with Crippen LogP contribution in [0.5, 0.6) is 0 Å². The van der Waals surface area contributed by atoms with E-state index in [4.69, 9.17) is 4.98 Å². The number of nitrogens with zero attached hydrogens (tertiary/aromatic N) is 1. The molecular weight excluding hydrogens is 334 g/mol. The molecule has 1 aromatic heterocycles. The predicted octanol–water partition coefficient (Wildman–Crippen LogP) is 5.67. The van der Waals surface area contributed by atoms with E-state index in [-0.39, 0.29) is 0 Å². The largest absolute Gasteiger partial charge is 0.247 e. The van der Waals surface area contributed by atoms with Gasteiger partial charge >= 0.3 is 0 Å². The molecule has 0 N–H and O–H groups in total. The van der Waals surface area contributed by atoms with Crippen molar-refractivity contribution < 1.29 is 0 Å². The van der Waals surface area contributed by atoms with Gasteiger partial charge in [-0.15, -0.1) is 0 Å². The highest BCUT2D eigenvalue weighted by Crippen LogP contribution is 2.34. The fourth-order valence-electron chi connectivity index (χ4n) is 3.19. The van der Waals surface area contributed by atoms with Crippen molar-refractivity contribution in [2.24, 2.45) is 0 Å². The summed E-state index contributed by atoms with van der Waals surface area (Å²) in [4.78, 5) is 5.00. The van der Waals surface area contributed by atoms with Crippen LogP contribution in [0.2, 0.25) is 0 Å². The molecule has 108 valence electrons. The molecule has 0 bridgehead atoms. The second-order valence-electron chi connectivity index (χ2n) is 5.72. The van der Waals surface area contributed by atoms with Gasteiger partial charge in [0.05, 0.1) is 11.4 Å². The molecule has 1 aliphatic rings. The molecule has 2 aromatic carbocycles. The maximum atomic E-state index is 5.00. The third-order valence-electron chi connectivity index (χ3n) is 4.28. The fraction of sp³-hybridized carbons (Fsp3) is 0.150. The van der Waals surface area contributed by atoms with E-state index in [1.165, 1.54) is 35.1 Å². The fourth-order valence-corrected chi connectivity index (χ4v) is 3.45. The minimum Gasteiger partial charge on any atom is -0.247 e. The minimum absolute atomic E-state index is 1.08. The van der Waals surface area contributed by atoms with Gasteiger partial charge in [0.25, 0.3) is 0 Å². The quantitative estimate of drug-likeness (QED) is 0.581. The van der Waals surface area contributed by atoms with E-state index in [9.17, 15) is 0 Å². The monoisotopic (exact) mass is 349 g/mol. The van der Waals surface area contributed by atoms with E-state index in [2.05, 4.69) is 76.6 Å². The highest BCUT2D eigenvalue weighted by atomic mass is 79.9. The summed E-state index contributed by atoms with van der Waals surface area (Å²) in [6, 6.07) is 21.2. The summed E-state index contributed by atoms with van der Waals surface area (Å²) < 4.78 is 1.10. The summed E-state index contributed by atoms with van der Waals surface area (Å²) in [5, 5.41) is 0. The molecule has 0 spiro atoms. The van der Waals surface area contributed by atoms with Crippen LogP contribution in [-0.4, -0.2) is 4.98 Å². The van der Waals surface area contributed by atoms with Crippen molar-refractivity contribution >= 4 is 15.9 Å². The number of fused-ring (bicyclic) bond motifs is 1. The van der Waals surface area contributed by atoms with Gasteiger partial charge in [-0.25, -0.2) is 4.98 Å². The number of aryl methyl sites for hydroxylation is 1. The molecule has 0 saturated carbocycles. The van der Waals surface area contributed by atoms with E-state index >= 15 is 0 Å². The topological polar surface area (TPSA) is 12.9 Å². The van der Waals surface area contributed by atoms with Gasteiger partial charge in [-0.2, -0.15) is 0 Å². The Morgan fingerprint density at radius 2 is 1.59 bits per heavy atom. The van der Waals surface area contributed by atoms with Crippen LogP contribution in [0.3, 0.4) is 0 Å². The maximum absolute atomic E-state index is 5.00. The van der Waals surface area contributed by atoms with Crippen molar-refractivity contribution in [3.63, 3.8) is 0 Å². The highest BCUT2D eigenvalue weighted by molar-refractivity contribution is 9.10. The molecule has 1 nitrogen and oxygen atoms in total. The average Bonchev–Trinajstić information content (AvgIpc) is 3.04. The first-order chi connectivity index (χ1) is 10.8. The smallest absolute Gasteiger partial charge is 0.0744 e. The Labute approximate surface area is 139 Å². The van der Waals surface area contributed by atoms with Crippen LogP contribution in [-0.2, 0) is 12.8 Å². The zero-order valence-electron chi connectivity index (χ0n) is 12.2. The minimum atomic E-state index is 1.08. The molecule has 1 heterocycles. The first-order valence-corrected chi connectivity index (χ1v) is 8.45. The number of benzene rings is 2. The van der Waals surface area contributed by atoms with Crippen molar-refractivity contribution in [2.75, 3.05) is 0 Å². The SMILES string of the molecule is Brc1ccc(-c2cc3c(c(-c4ccccc4)n2)CCC3)cc1. The summed E-state index contributed by atoms with van der Waals surface area (Å²) in [7, 11) is 0. The Morgan fingerprint density at radius 1 is 0.818 bits per heavy atom. The van der Waals surface area contributed by atoms with Crippen LogP contribution in [0, 0.1) is 0 Å². The van der Waals surface area contributed by atoms with Crippen LogP contribution in [0.25, 0.3) is 22.5 Å². The molecular formula is C20H16BrN. The molecule has 2 heteroatoms. The van der Waals surface area contributed by atoms with E-state index in [1.54, 1.807) is 0 Å². The predicted molar refractivity (Wildman–Crippen MR) is 94.8 cm³/mol. The molecule has 0 fully saturated rings. The lowest BCUT2D eigenvalue weighted by atomic mass is 10.00. The number of rotatable bonds is 2. The molecule has 0 amide bonds. The summed E-state index contributed by atoms with van der Waals surface area (Å²) in [6.07, 6.45) is 3.55. The highest BCUT2D eigenvalue weighted by Gasteiger charge is 2.19. The molecule has 0 saturated heterocycles. The van der Waals surface area contributed by atoms with Gasteiger partial charge in [0.1, 0.15) is 0 Å². The van der Waals surface area contributed by atoms with Crippen LogP contribution >= 0.6 is 15.9 Å². The number of aromatic nitrogens is 1. The first kappa shape index (κ1) is 13.7. The van der Waals surface area contributed by atoms with Gasteiger partial charge < -0.3 is 0 Å². The van der Waals surface area contributed by atoms with Gasteiger partial charge in [-0.05, 0) is 48.6 Å². The van der Waals surface area contributed by atoms with Crippen molar-refractivity contribution in [1.82, 2.24) is 4.98 Å². The first-order valence-electron chi connectivity index (χ1n) is 7.65. The number of pyridine rings is 1. The second kappa shape index (κ2) is 5.69. The zero-order chi connectivity index (χ0) is 14.9. The summed E-state index contributed by atoms with van der Waals surface area (Å²) in [5.41, 5.74) is 7.54. The second-order valence-corrected chi connectivity index (χ2v) is 6.64. The van der Waals surface area contributed by atoms with Gasteiger partial charge in [0.15, 0.2) is 0 Å². The Morgan fingerprint density at radius 3 is 2.36 bits per heavy atom. The number of halogens is 1. The summed E-state index contributed by atoms with van der Waals surface area (Å²) in [5.74, 6) is 0. The van der Waals surface area contributed by atoms with Gasteiger partial charge in [0, 0.05) is 15.6 Å². The molecule has 0 atom stereocenters. The van der Waals surface area contributed by atoms with Gasteiger partial charge in [0.2, 0.25) is 0 Å². The van der Waals surface area contributed by atoms with Crippen molar-refractivity contribution in [2.45, 2.75) is 19.3 Å². The maximum Gasteiger partial charge on any atom is 0.0744 e. The van der Waals surface area contributed by atoms with Crippen LogP contribution in [0.15, 0.2) is 65.1 Å². The lowest BCUT2D eigenvalue weighted by molar-refractivity contribution is 0.911. The molecule has 0 unspecified atom stereocenters. The third kappa shape index (κ3) is 2.48. The third-order valence-corrected chi connectivity index (χ3v) is 4.81. The van der Waals surface area contributed by atoms with Crippen LogP contribution < -0.4 is 0 Å². The molecule has 0 radical (unpaired) electrons. The summed E-state index contributed by atoms with van der Waals surface area (Å²) in [6.45, 7) is 0. The zero-order valence-corrected chi connectivity index (χ0v) is 13.8. The summed E-state index contributed by atoms with van der Waals surface area (Å²) >= 11 is 3.50. The molecule has 0 aliphatic heterocycles. The van der Waals surface area contributed by atoms with Gasteiger partial charge in [-0.1, -0.05) is 58.4 Å². The van der Waals surface area contributed by atoms with E-state index < -0.39 is 0 Å². The Balaban J connectivity index is 1.90. The van der Waals surface area contributed by atoms with E-state index in [1.807, 2.05) is 0 Å². The normalized spacial score (nSPS) is 13.1. The molecule has 22 heavy (non-hydrogen) atoms. The molecule has 4 rings (SSSR count). The Kier molecular flexibility index (Phi) is 3.55. The average molecular weight is 350 g/mol. The van der Waals surface area contributed by atoms with E-state index in [0.717, 1.165) is 22.3 Å². The van der Waals surface area contributed by atoms with Gasteiger partial charge in [-0.3, -0.25) is 0 Å². The lowest BCUT2D eigenvalue weighted by Crippen LogP contribution is -1.96. The Hall–Kier alpha value is -1.93. The van der Waals surface area contributed by atoms with Crippen molar-refractivity contribution in [3.8, 4) is 22.5 Å². The number of hydrogen-bond acceptors (Lipinski definition) is 1. The standard InChI is InChI=1S/C20H16BrN/c21-17-11-9-14(10-12-17)19-13-16-7-4-8-18(16)20(22-19)15-5-2-1-3-6-15/h1-3,5-6,9-13H,4,7-8H2. The number of hydrogen-bond donors (Lipinski definition) is 0. The lowest BCUT2D eigenvalue weighted by Gasteiger charge is -2.11. The van der Waals surface area contributed by atoms with E-state index in [0.29, 0.717) is 0 Å². The van der Waals surface area contributed by atoms with Crippen LogP contribution in [0.4, 0.5) is 0 Å². The Bertz CT molecular complexity index is 807. The van der Waals surface area contributed by atoms with Crippen LogP contribution in [0.1, 0.15) is 17.5 Å². The van der Waals surface area contributed by atoms with Crippen molar-refractivity contribution in [3.05, 3.63) is 76.3 Å². The molecule has 1 aliphatic carbocycles.